The lowest BCUT2D eigenvalue weighted by Gasteiger charge is -2.12. The largest absolute Gasteiger partial charge is 0.494 e. The average molecular weight is 291 g/mol. The van der Waals surface area contributed by atoms with Crippen LogP contribution in [0.15, 0.2) is 36.4 Å². The smallest absolute Gasteiger partial charge is 0.335 e. The number of ether oxygens (including phenoxy) is 1. The number of benzene rings is 2. The van der Waals surface area contributed by atoms with E-state index in [-0.39, 0.29) is 5.56 Å². The van der Waals surface area contributed by atoms with Crippen LogP contribution >= 0.6 is 11.6 Å². The van der Waals surface area contributed by atoms with Gasteiger partial charge in [0.15, 0.2) is 0 Å². The van der Waals surface area contributed by atoms with Gasteiger partial charge < -0.3 is 9.84 Å². The summed E-state index contributed by atoms with van der Waals surface area (Å²) < 4.78 is 5.39. The normalized spacial score (nSPS) is 10.3. The zero-order valence-corrected chi connectivity index (χ0v) is 12.1. The summed E-state index contributed by atoms with van der Waals surface area (Å²) in [5.41, 5.74) is 2.60. The third kappa shape index (κ3) is 2.78. The third-order valence-corrected chi connectivity index (χ3v) is 3.42. The van der Waals surface area contributed by atoms with Gasteiger partial charge in [-0.1, -0.05) is 23.7 Å². The summed E-state index contributed by atoms with van der Waals surface area (Å²) >= 11 is 6.28. The fourth-order valence-corrected chi connectivity index (χ4v) is 2.40. The minimum Gasteiger partial charge on any atom is -0.494 e. The van der Waals surface area contributed by atoms with Gasteiger partial charge in [-0.15, -0.1) is 0 Å². The Balaban J connectivity index is 2.52. The molecule has 104 valence electrons. The van der Waals surface area contributed by atoms with Gasteiger partial charge in [-0.2, -0.15) is 0 Å². The van der Waals surface area contributed by atoms with Crippen molar-refractivity contribution in [3.8, 4) is 16.9 Å². The maximum Gasteiger partial charge on any atom is 0.335 e. The van der Waals surface area contributed by atoms with Crippen molar-refractivity contribution in [2.45, 2.75) is 13.8 Å². The predicted molar refractivity (Wildman–Crippen MR) is 79.8 cm³/mol. The van der Waals surface area contributed by atoms with E-state index >= 15 is 0 Å². The lowest BCUT2D eigenvalue weighted by Crippen LogP contribution is -2.01. The average Bonchev–Trinajstić information content (AvgIpc) is 2.40. The van der Waals surface area contributed by atoms with Crippen molar-refractivity contribution in [1.29, 1.82) is 0 Å². The van der Waals surface area contributed by atoms with Crippen LogP contribution in [0, 0.1) is 6.92 Å². The summed E-state index contributed by atoms with van der Waals surface area (Å²) in [5, 5.41) is 9.71. The minimum absolute atomic E-state index is 0.285. The molecule has 20 heavy (non-hydrogen) atoms. The van der Waals surface area contributed by atoms with E-state index in [0.29, 0.717) is 22.9 Å². The second kappa shape index (κ2) is 5.97. The summed E-state index contributed by atoms with van der Waals surface area (Å²) in [6, 6.07) is 10.6. The molecule has 0 aliphatic rings. The van der Waals surface area contributed by atoms with Gasteiger partial charge in [-0.05, 0) is 49.2 Å². The van der Waals surface area contributed by atoms with Crippen molar-refractivity contribution in [2.24, 2.45) is 0 Å². The number of carboxylic acids is 1. The van der Waals surface area contributed by atoms with Gasteiger partial charge in [0.2, 0.25) is 0 Å². The third-order valence-electron chi connectivity index (χ3n) is 3.11. The van der Waals surface area contributed by atoms with Crippen molar-refractivity contribution < 1.29 is 14.6 Å². The van der Waals surface area contributed by atoms with Gasteiger partial charge in [0, 0.05) is 5.56 Å². The van der Waals surface area contributed by atoms with Crippen LogP contribution < -0.4 is 4.74 Å². The molecular weight excluding hydrogens is 276 g/mol. The van der Waals surface area contributed by atoms with Gasteiger partial charge >= 0.3 is 5.97 Å². The molecule has 0 atom stereocenters. The van der Waals surface area contributed by atoms with Crippen molar-refractivity contribution >= 4 is 17.6 Å². The van der Waals surface area contributed by atoms with E-state index in [4.69, 9.17) is 21.4 Å². The first-order valence-electron chi connectivity index (χ1n) is 6.30. The van der Waals surface area contributed by atoms with Crippen LogP contribution in [-0.2, 0) is 0 Å². The maximum absolute atomic E-state index is 11.2. The summed E-state index contributed by atoms with van der Waals surface area (Å²) in [6.07, 6.45) is 0. The van der Waals surface area contributed by atoms with E-state index in [2.05, 4.69) is 0 Å². The number of carbonyl (C=O) groups is 1. The first kappa shape index (κ1) is 14.4. The Bertz CT molecular complexity index is 650. The van der Waals surface area contributed by atoms with Crippen LogP contribution in [0.2, 0.25) is 5.02 Å². The zero-order valence-electron chi connectivity index (χ0n) is 11.3. The van der Waals surface area contributed by atoms with Crippen LogP contribution in [-0.4, -0.2) is 17.7 Å². The van der Waals surface area contributed by atoms with Crippen molar-refractivity contribution in [3.05, 3.63) is 52.5 Å². The van der Waals surface area contributed by atoms with Gasteiger partial charge in [0.1, 0.15) is 5.75 Å². The molecular formula is C16H15ClO3. The predicted octanol–water partition coefficient (Wildman–Crippen LogP) is 4.41. The molecule has 2 aromatic rings. The number of carboxylic acid groups (broad SMARTS) is 1. The molecule has 0 aliphatic heterocycles. The van der Waals surface area contributed by atoms with Crippen LogP contribution in [0.3, 0.4) is 0 Å². The first-order chi connectivity index (χ1) is 9.54. The number of hydrogen-bond donors (Lipinski definition) is 1. The molecule has 0 spiro atoms. The molecule has 4 heteroatoms. The highest BCUT2D eigenvalue weighted by Crippen LogP contribution is 2.34. The molecule has 2 rings (SSSR count). The Morgan fingerprint density at radius 3 is 2.60 bits per heavy atom. The molecule has 0 aromatic heterocycles. The molecule has 0 aliphatic carbocycles. The van der Waals surface area contributed by atoms with E-state index in [1.165, 1.54) is 0 Å². The Kier molecular flexibility index (Phi) is 4.30. The Morgan fingerprint density at radius 1 is 1.25 bits per heavy atom. The van der Waals surface area contributed by atoms with E-state index in [0.717, 1.165) is 11.1 Å². The van der Waals surface area contributed by atoms with E-state index in [1.54, 1.807) is 25.1 Å². The van der Waals surface area contributed by atoms with E-state index in [1.807, 2.05) is 25.1 Å². The van der Waals surface area contributed by atoms with Crippen molar-refractivity contribution in [1.82, 2.24) is 0 Å². The Morgan fingerprint density at radius 2 is 2.00 bits per heavy atom. The molecule has 2 aromatic carbocycles. The van der Waals surface area contributed by atoms with Crippen molar-refractivity contribution in [2.75, 3.05) is 6.61 Å². The molecule has 0 radical (unpaired) electrons. The number of aromatic carboxylic acids is 1. The lowest BCUT2D eigenvalue weighted by atomic mass is 9.96. The number of hydrogen-bond acceptors (Lipinski definition) is 2. The van der Waals surface area contributed by atoms with Crippen LogP contribution in [0.5, 0.6) is 5.75 Å². The minimum atomic E-state index is -0.939. The number of rotatable bonds is 4. The van der Waals surface area contributed by atoms with E-state index in [9.17, 15) is 4.79 Å². The Hall–Kier alpha value is -2.00. The molecule has 0 heterocycles. The second-order valence-corrected chi connectivity index (χ2v) is 4.77. The Labute approximate surface area is 122 Å². The van der Waals surface area contributed by atoms with Gasteiger partial charge in [0.05, 0.1) is 17.2 Å². The summed E-state index contributed by atoms with van der Waals surface area (Å²) in [5.74, 6) is -0.236. The standard InChI is InChI=1S/C16H15ClO3/c1-3-20-11-7-8-14(15(17)9-11)12-5-4-6-13(10(12)2)16(18)19/h4-9H,3H2,1-2H3,(H,18,19). The molecule has 0 saturated heterocycles. The molecule has 0 amide bonds. The van der Waals surface area contributed by atoms with Gasteiger partial charge in [0.25, 0.3) is 0 Å². The topological polar surface area (TPSA) is 46.5 Å². The van der Waals surface area contributed by atoms with Crippen molar-refractivity contribution in [3.63, 3.8) is 0 Å². The van der Waals surface area contributed by atoms with Crippen LogP contribution in [0.1, 0.15) is 22.8 Å². The fraction of sp³-hybridized carbons (Fsp3) is 0.188. The highest BCUT2D eigenvalue weighted by Gasteiger charge is 2.13. The second-order valence-electron chi connectivity index (χ2n) is 4.36. The zero-order chi connectivity index (χ0) is 14.7. The summed E-state index contributed by atoms with van der Waals surface area (Å²) in [7, 11) is 0. The SMILES string of the molecule is CCOc1ccc(-c2cccc(C(=O)O)c2C)c(Cl)c1. The fourth-order valence-electron chi connectivity index (χ4n) is 2.13. The highest BCUT2D eigenvalue weighted by atomic mass is 35.5. The molecule has 0 saturated carbocycles. The van der Waals surface area contributed by atoms with Crippen LogP contribution in [0.4, 0.5) is 0 Å². The quantitative estimate of drug-likeness (QED) is 0.907. The first-order valence-corrected chi connectivity index (χ1v) is 6.68. The maximum atomic E-state index is 11.2. The summed E-state index contributed by atoms with van der Waals surface area (Å²) in [6.45, 7) is 4.26. The van der Waals surface area contributed by atoms with Gasteiger partial charge in [-0.25, -0.2) is 4.79 Å². The van der Waals surface area contributed by atoms with E-state index < -0.39 is 5.97 Å². The molecule has 0 unspecified atom stereocenters. The lowest BCUT2D eigenvalue weighted by molar-refractivity contribution is 0.0696. The molecule has 0 bridgehead atoms. The van der Waals surface area contributed by atoms with Crippen LogP contribution in [0.25, 0.3) is 11.1 Å². The monoisotopic (exact) mass is 290 g/mol. The molecule has 3 nitrogen and oxygen atoms in total. The number of halogens is 1. The summed E-state index contributed by atoms with van der Waals surface area (Å²) in [4.78, 5) is 11.2. The van der Waals surface area contributed by atoms with Gasteiger partial charge in [-0.3, -0.25) is 0 Å². The molecule has 1 N–H and O–H groups in total. The highest BCUT2D eigenvalue weighted by molar-refractivity contribution is 6.33. The molecule has 0 fully saturated rings.